The van der Waals surface area contributed by atoms with Gasteiger partial charge in [-0.05, 0) is 44.5 Å². The van der Waals surface area contributed by atoms with Gasteiger partial charge in [0.1, 0.15) is 0 Å². The van der Waals surface area contributed by atoms with Crippen LogP contribution in [0.5, 0.6) is 0 Å². The topological polar surface area (TPSA) is 49.4 Å². The van der Waals surface area contributed by atoms with Gasteiger partial charge in [-0.3, -0.25) is 9.59 Å². The summed E-state index contributed by atoms with van der Waals surface area (Å²) in [5.41, 5.74) is 3.25. The molecule has 0 aromatic heterocycles. The molecule has 0 saturated heterocycles. The molecule has 0 fully saturated rings. The predicted molar refractivity (Wildman–Crippen MR) is 75.7 cm³/mol. The van der Waals surface area contributed by atoms with Gasteiger partial charge >= 0.3 is 0 Å². The van der Waals surface area contributed by atoms with Crippen molar-refractivity contribution in [1.82, 2.24) is 5.32 Å². The van der Waals surface area contributed by atoms with Gasteiger partial charge in [0, 0.05) is 6.54 Å². The van der Waals surface area contributed by atoms with Gasteiger partial charge in [-0.15, -0.1) is 0 Å². The highest BCUT2D eigenvalue weighted by Crippen LogP contribution is 2.34. The minimum Gasteiger partial charge on any atom is -0.319 e. The Labute approximate surface area is 113 Å². The molecule has 1 aromatic carbocycles. The molecule has 4 nitrogen and oxygen atoms in total. The van der Waals surface area contributed by atoms with E-state index in [4.69, 9.17) is 0 Å². The van der Waals surface area contributed by atoms with Crippen LogP contribution in [0, 0.1) is 19.8 Å². The van der Waals surface area contributed by atoms with Crippen molar-refractivity contribution in [2.24, 2.45) is 5.92 Å². The quantitative estimate of drug-likeness (QED) is 0.838. The maximum Gasteiger partial charge on any atom is 0.299 e. The summed E-state index contributed by atoms with van der Waals surface area (Å²) in [6, 6.07) is 3.87. The number of Topliss-reactive ketones (excluding diaryl/α,β-unsaturated/α-hetero) is 1. The average molecular weight is 260 g/mol. The van der Waals surface area contributed by atoms with Gasteiger partial charge in [0.05, 0.1) is 11.3 Å². The fraction of sp³-hybridized carbons (Fsp3) is 0.467. The summed E-state index contributed by atoms with van der Waals surface area (Å²) in [7, 11) is 1.89. The highest BCUT2D eigenvalue weighted by atomic mass is 16.2. The summed E-state index contributed by atoms with van der Waals surface area (Å²) in [6.45, 7) is 7.28. The number of hydrogen-bond donors (Lipinski definition) is 1. The second-order valence-electron chi connectivity index (χ2n) is 5.33. The summed E-state index contributed by atoms with van der Waals surface area (Å²) in [5.74, 6) is -0.462. The Kier molecular flexibility index (Phi) is 3.71. The molecule has 0 aliphatic carbocycles. The Balaban J connectivity index is 2.41. The van der Waals surface area contributed by atoms with Gasteiger partial charge in [-0.2, -0.15) is 0 Å². The van der Waals surface area contributed by atoms with E-state index in [1.165, 1.54) is 0 Å². The lowest BCUT2D eigenvalue weighted by molar-refractivity contribution is -0.114. The third-order valence-corrected chi connectivity index (χ3v) is 3.57. The fourth-order valence-corrected chi connectivity index (χ4v) is 2.66. The third kappa shape index (κ3) is 2.28. The van der Waals surface area contributed by atoms with Crippen LogP contribution in [-0.2, 0) is 4.79 Å². The van der Waals surface area contributed by atoms with Gasteiger partial charge in [0.15, 0.2) is 0 Å². The zero-order chi connectivity index (χ0) is 14.2. The summed E-state index contributed by atoms with van der Waals surface area (Å²) in [6.07, 6.45) is 0. The number of nitrogens with zero attached hydrogens (tertiary/aromatic N) is 1. The second-order valence-corrected chi connectivity index (χ2v) is 5.33. The number of nitrogens with one attached hydrogen (secondary N) is 1. The van der Waals surface area contributed by atoms with Crippen molar-refractivity contribution in [2.45, 2.75) is 20.8 Å². The number of ketones is 1. The van der Waals surface area contributed by atoms with Gasteiger partial charge in [0.2, 0.25) is 0 Å². The van der Waals surface area contributed by atoms with Crippen molar-refractivity contribution in [3.8, 4) is 0 Å². The van der Waals surface area contributed by atoms with Crippen LogP contribution < -0.4 is 10.2 Å². The van der Waals surface area contributed by atoms with Crippen molar-refractivity contribution in [1.29, 1.82) is 0 Å². The van der Waals surface area contributed by atoms with Gasteiger partial charge in [-0.1, -0.05) is 19.1 Å². The summed E-state index contributed by atoms with van der Waals surface area (Å²) in [4.78, 5) is 25.9. The Hall–Kier alpha value is -1.68. The van der Waals surface area contributed by atoms with Crippen LogP contribution in [0.2, 0.25) is 0 Å². The van der Waals surface area contributed by atoms with Crippen LogP contribution in [-0.4, -0.2) is 31.8 Å². The average Bonchev–Trinajstić information content (AvgIpc) is 2.60. The van der Waals surface area contributed by atoms with Crippen molar-refractivity contribution in [3.05, 3.63) is 28.8 Å². The van der Waals surface area contributed by atoms with Crippen LogP contribution in [0.4, 0.5) is 5.69 Å². The SMILES string of the molecule is CNCC(C)CN1C(=O)C(=O)c2c(C)ccc(C)c21. The number of carbonyl (C=O) groups is 2. The maximum atomic E-state index is 12.2. The molecule has 0 bridgehead atoms. The number of benzene rings is 1. The van der Waals surface area contributed by atoms with Crippen LogP contribution in [0.3, 0.4) is 0 Å². The molecule has 4 heteroatoms. The first kappa shape index (κ1) is 13.7. The molecule has 0 spiro atoms. The monoisotopic (exact) mass is 260 g/mol. The van der Waals surface area contributed by atoms with E-state index in [9.17, 15) is 9.59 Å². The Morgan fingerprint density at radius 1 is 1.21 bits per heavy atom. The molecule has 1 aliphatic rings. The highest BCUT2D eigenvalue weighted by molar-refractivity contribution is 6.52. The lowest BCUT2D eigenvalue weighted by Gasteiger charge is -2.22. The van der Waals surface area contributed by atoms with E-state index >= 15 is 0 Å². The Morgan fingerprint density at radius 2 is 1.84 bits per heavy atom. The van der Waals surface area contributed by atoms with Crippen LogP contribution in [0.1, 0.15) is 28.4 Å². The van der Waals surface area contributed by atoms with E-state index in [1.54, 1.807) is 4.90 Å². The number of aryl methyl sites for hydroxylation is 2. The van der Waals surface area contributed by atoms with Crippen molar-refractivity contribution in [2.75, 3.05) is 25.0 Å². The summed E-state index contributed by atoms with van der Waals surface area (Å²) >= 11 is 0. The summed E-state index contributed by atoms with van der Waals surface area (Å²) < 4.78 is 0. The minimum atomic E-state index is -0.393. The number of fused-ring (bicyclic) bond motifs is 1. The first-order chi connectivity index (χ1) is 8.97. The van der Waals surface area contributed by atoms with Crippen LogP contribution >= 0.6 is 0 Å². The molecule has 1 N–H and O–H groups in total. The molecule has 1 heterocycles. The molecule has 1 amide bonds. The van der Waals surface area contributed by atoms with E-state index in [-0.39, 0.29) is 5.78 Å². The maximum absolute atomic E-state index is 12.2. The molecule has 0 radical (unpaired) electrons. The lowest BCUT2D eigenvalue weighted by Crippen LogP contribution is -2.36. The molecule has 19 heavy (non-hydrogen) atoms. The number of anilines is 1. The van der Waals surface area contributed by atoms with Gasteiger partial charge < -0.3 is 10.2 Å². The standard InChI is InChI=1S/C15H20N2O2/c1-9(7-16-4)8-17-13-11(3)6-5-10(2)12(13)14(18)15(17)19/h5-6,9,16H,7-8H2,1-4H3. The number of amides is 1. The van der Waals surface area contributed by atoms with Crippen molar-refractivity contribution in [3.63, 3.8) is 0 Å². The van der Waals surface area contributed by atoms with Gasteiger partial charge in [-0.25, -0.2) is 0 Å². The molecule has 1 atom stereocenters. The zero-order valence-corrected chi connectivity index (χ0v) is 11.9. The molecule has 102 valence electrons. The first-order valence-corrected chi connectivity index (χ1v) is 6.58. The predicted octanol–water partition coefficient (Wildman–Crippen LogP) is 1.69. The smallest absolute Gasteiger partial charge is 0.299 e. The zero-order valence-electron chi connectivity index (χ0n) is 11.9. The van der Waals surface area contributed by atoms with Gasteiger partial charge in [0.25, 0.3) is 11.7 Å². The normalized spacial score (nSPS) is 15.9. The second kappa shape index (κ2) is 5.13. The molecule has 1 aliphatic heterocycles. The van der Waals surface area contributed by atoms with Crippen molar-refractivity contribution >= 4 is 17.4 Å². The Bertz CT molecular complexity index is 537. The minimum absolute atomic E-state index is 0.299. The number of hydrogen-bond acceptors (Lipinski definition) is 3. The van der Waals surface area contributed by atoms with E-state index in [1.807, 2.05) is 33.0 Å². The van der Waals surface area contributed by atoms with E-state index in [2.05, 4.69) is 12.2 Å². The molecule has 1 unspecified atom stereocenters. The molecule has 1 aromatic rings. The fourth-order valence-electron chi connectivity index (χ4n) is 2.66. The Morgan fingerprint density at radius 3 is 2.47 bits per heavy atom. The van der Waals surface area contributed by atoms with E-state index in [0.717, 1.165) is 23.4 Å². The van der Waals surface area contributed by atoms with Crippen LogP contribution in [0.15, 0.2) is 12.1 Å². The molecular formula is C15H20N2O2. The van der Waals surface area contributed by atoms with Crippen LogP contribution in [0.25, 0.3) is 0 Å². The summed E-state index contributed by atoms with van der Waals surface area (Å²) in [5, 5.41) is 3.09. The lowest BCUT2D eigenvalue weighted by atomic mass is 10.0. The first-order valence-electron chi connectivity index (χ1n) is 6.58. The van der Waals surface area contributed by atoms with E-state index < -0.39 is 5.91 Å². The van der Waals surface area contributed by atoms with E-state index in [0.29, 0.717) is 18.0 Å². The molecular weight excluding hydrogens is 240 g/mol. The number of rotatable bonds is 4. The molecule has 2 rings (SSSR count). The largest absolute Gasteiger partial charge is 0.319 e. The number of carbonyl (C=O) groups excluding carboxylic acids is 2. The molecule has 0 saturated carbocycles. The highest BCUT2D eigenvalue weighted by Gasteiger charge is 2.38. The van der Waals surface area contributed by atoms with Crippen molar-refractivity contribution < 1.29 is 9.59 Å². The third-order valence-electron chi connectivity index (χ3n) is 3.57.